The fourth-order valence-electron chi connectivity index (χ4n) is 1.30. The Bertz CT molecular complexity index is 465. The highest BCUT2D eigenvalue weighted by atomic mass is 16.3. The smallest absolute Gasteiger partial charge is 0.272 e. The molecule has 0 fully saturated rings. The Hall–Kier alpha value is -1.93. The lowest BCUT2D eigenvalue weighted by Crippen LogP contribution is -2.37. The average molecular weight is 233 g/mol. The molecule has 1 rings (SSSR count). The molecular formula is C12H15N3O2. The van der Waals surface area contributed by atoms with Gasteiger partial charge >= 0.3 is 0 Å². The van der Waals surface area contributed by atoms with Crippen LogP contribution < -0.4 is 0 Å². The number of hydrogen-bond acceptors (Lipinski definition) is 4. The number of nitrogens with zero attached hydrogens (tertiary/aromatic N) is 3. The molecule has 0 saturated heterocycles. The predicted molar refractivity (Wildman–Crippen MR) is 62.3 cm³/mol. The van der Waals surface area contributed by atoms with Crippen LogP contribution in [-0.2, 0) is 0 Å². The van der Waals surface area contributed by atoms with Crippen LogP contribution in [0.1, 0.15) is 28.7 Å². The number of rotatable bonds is 3. The van der Waals surface area contributed by atoms with Gasteiger partial charge in [-0.3, -0.25) is 4.79 Å². The zero-order chi connectivity index (χ0) is 13.0. The molecule has 0 saturated carbocycles. The molecule has 1 unspecified atom stereocenters. The second-order valence-corrected chi connectivity index (χ2v) is 3.89. The molecule has 0 radical (unpaired) electrons. The van der Waals surface area contributed by atoms with Crippen molar-refractivity contribution in [3.8, 4) is 6.07 Å². The van der Waals surface area contributed by atoms with Gasteiger partial charge in [-0.25, -0.2) is 4.98 Å². The zero-order valence-corrected chi connectivity index (χ0v) is 10.1. The first-order valence-corrected chi connectivity index (χ1v) is 5.27. The van der Waals surface area contributed by atoms with Crippen LogP contribution in [0.5, 0.6) is 0 Å². The van der Waals surface area contributed by atoms with E-state index in [1.165, 1.54) is 11.0 Å². The number of amides is 1. The molecule has 5 heteroatoms. The van der Waals surface area contributed by atoms with Crippen molar-refractivity contribution in [3.05, 3.63) is 29.1 Å². The minimum absolute atomic E-state index is 0.0997. The highest BCUT2D eigenvalue weighted by Crippen LogP contribution is 2.08. The summed E-state index contributed by atoms with van der Waals surface area (Å²) in [7, 11) is 1.61. The number of aryl methyl sites for hydroxylation is 1. The summed E-state index contributed by atoms with van der Waals surface area (Å²) in [6.07, 6.45) is 0. The predicted octanol–water partition coefficient (Wildman–Crippen LogP) is 0.714. The van der Waals surface area contributed by atoms with Crippen molar-refractivity contribution in [2.45, 2.75) is 19.9 Å². The van der Waals surface area contributed by atoms with E-state index < -0.39 is 0 Å². The maximum Gasteiger partial charge on any atom is 0.272 e. The van der Waals surface area contributed by atoms with Crippen LogP contribution in [0.4, 0.5) is 0 Å². The molecule has 90 valence electrons. The lowest BCUT2D eigenvalue weighted by Gasteiger charge is -2.22. The Morgan fingerprint density at radius 1 is 1.65 bits per heavy atom. The van der Waals surface area contributed by atoms with E-state index in [-0.39, 0.29) is 24.2 Å². The third-order valence-corrected chi connectivity index (χ3v) is 2.67. The third kappa shape index (κ3) is 2.80. The molecule has 0 aliphatic rings. The van der Waals surface area contributed by atoms with E-state index in [1.807, 2.05) is 6.07 Å². The zero-order valence-electron chi connectivity index (χ0n) is 10.1. The highest BCUT2D eigenvalue weighted by Gasteiger charge is 2.18. The number of nitriles is 1. The monoisotopic (exact) mass is 233 g/mol. The minimum atomic E-state index is -0.265. The Labute approximate surface area is 100 Å². The summed E-state index contributed by atoms with van der Waals surface area (Å²) in [4.78, 5) is 17.5. The van der Waals surface area contributed by atoms with Gasteiger partial charge in [-0.2, -0.15) is 5.26 Å². The maximum atomic E-state index is 12.0. The molecule has 1 N–H and O–H groups in total. The second kappa shape index (κ2) is 5.41. The van der Waals surface area contributed by atoms with Crippen molar-refractivity contribution in [3.63, 3.8) is 0 Å². The quantitative estimate of drug-likeness (QED) is 0.834. The summed E-state index contributed by atoms with van der Waals surface area (Å²) in [6, 6.07) is 4.83. The third-order valence-electron chi connectivity index (χ3n) is 2.67. The second-order valence-electron chi connectivity index (χ2n) is 3.89. The number of pyridine rings is 1. The lowest BCUT2D eigenvalue weighted by molar-refractivity contribution is 0.0676. The average Bonchev–Trinajstić information content (AvgIpc) is 2.35. The van der Waals surface area contributed by atoms with Crippen molar-refractivity contribution in [1.82, 2.24) is 9.88 Å². The first-order valence-electron chi connectivity index (χ1n) is 5.27. The minimum Gasteiger partial charge on any atom is -0.394 e. The van der Waals surface area contributed by atoms with Crippen LogP contribution in [0.15, 0.2) is 12.1 Å². The number of aromatic nitrogens is 1. The molecule has 0 aliphatic carbocycles. The van der Waals surface area contributed by atoms with Crippen molar-refractivity contribution in [1.29, 1.82) is 5.26 Å². The van der Waals surface area contributed by atoms with E-state index in [2.05, 4.69) is 4.98 Å². The molecule has 1 atom stereocenters. The van der Waals surface area contributed by atoms with Crippen molar-refractivity contribution < 1.29 is 9.90 Å². The van der Waals surface area contributed by atoms with Gasteiger partial charge in [0, 0.05) is 7.05 Å². The molecule has 0 aliphatic heterocycles. The van der Waals surface area contributed by atoms with Crippen LogP contribution in [0.2, 0.25) is 0 Å². The van der Waals surface area contributed by atoms with Crippen molar-refractivity contribution in [2.75, 3.05) is 13.7 Å². The first-order chi connectivity index (χ1) is 8.01. The fraction of sp³-hybridized carbons (Fsp3) is 0.417. The Morgan fingerprint density at radius 3 is 2.76 bits per heavy atom. The fourth-order valence-corrected chi connectivity index (χ4v) is 1.30. The van der Waals surface area contributed by atoms with Crippen LogP contribution >= 0.6 is 0 Å². The maximum absolute atomic E-state index is 12.0. The van der Waals surface area contributed by atoms with Crippen molar-refractivity contribution in [2.24, 2.45) is 0 Å². The van der Waals surface area contributed by atoms with E-state index in [9.17, 15) is 4.79 Å². The van der Waals surface area contributed by atoms with Crippen LogP contribution in [0.25, 0.3) is 0 Å². The molecule has 17 heavy (non-hydrogen) atoms. The number of hydrogen-bond donors (Lipinski definition) is 1. The normalized spacial score (nSPS) is 11.7. The van der Waals surface area contributed by atoms with Gasteiger partial charge in [-0.1, -0.05) is 0 Å². The van der Waals surface area contributed by atoms with E-state index in [0.717, 1.165) is 0 Å². The topological polar surface area (TPSA) is 77.2 Å². The van der Waals surface area contributed by atoms with Gasteiger partial charge in [-0.15, -0.1) is 0 Å². The molecule has 1 aromatic heterocycles. The Morgan fingerprint density at radius 2 is 2.29 bits per heavy atom. The summed E-state index contributed by atoms with van der Waals surface area (Å²) in [5.41, 5.74) is 1.27. The summed E-state index contributed by atoms with van der Waals surface area (Å²) in [6.45, 7) is 3.33. The number of aliphatic hydroxyl groups is 1. The summed E-state index contributed by atoms with van der Waals surface area (Å²) >= 11 is 0. The number of carbonyl (C=O) groups excluding carboxylic acids is 1. The highest BCUT2D eigenvalue weighted by molar-refractivity contribution is 5.92. The molecule has 0 aromatic carbocycles. The number of carbonyl (C=O) groups is 1. The SMILES string of the molecule is Cc1nc(C(=O)N(C)C(C)CO)ccc1C#N. The van der Waals surface area contributed by atoms with Gasteiger partial charge in [0.2, 0.25) is 0 Å². The van der Waals surface area contributed by atoms with Gasteiger partial charge in [0.1, 0.15) is 11.8 Å². The largest absolute Gasteiger partial charge is 0.394 e. The van der Waals surface area contributed by atoms with Crippen LogP contribution in [-0.4, -0.2) is 40.6 Å². The van der Waals surface area contributed by atoms with E-state index in [1.54, 1.807) is 27.0 Å². The van der Waals surface area contributed by atoms with Gasteiger partial charge in [0.15, 0.2) is 0 Å². The molecule has 5 nitrogen and oxygen atoms in total. The van der Waals surface area contributed by atoms with Gasteiger partial charge in [0.05, 0.1) is 23.9 Å². The van der Waals surface area contributed by atoms with Gasteiger partial charge < -0.3 is 10.0 Å². The van der Waals surface area contributed by atoms with Crippen LogP contribution in [0.3, 0.4) is 0 Å². The molecule has 1 heterocycles. The molecule has 1 aromatic rings. The number of likely N-dealkylation sites (N-methyl/N-ethyl adjacent to an activating group) is 1. The number of aliphatic hydroxyl groups excluding tert-OH is 1. The van der Waals surface area contributed by atoms with E-state index in [4.69, 9.17) is 10.4 Å². The lowest BCUT2D eigenvalue weighted by atomic mass is 10.2. The van der Waals surface area contributed by atoms with Gasteiger partial charge in [-0.05, 0) is 26.0 Å². The first kappa shape index (κ1) is 13.1. The van der Waals surface area contributed by atoms with E-state index >= 15 is 0 Å². The van der Waals surface area contributed by atoms with Gasteiger partial charge in [0.25, 0.3) is 5.91 Å². The molecule has 0 bridgehead atoms. The summed E-state index contributed by atoms with van der Waals surface area (Å²) in [5.74, 6) is -0.265. The Kier molecular flexibility index (Phi) is 4.18. The molecule has 1 amide bonds. The standard InChI is InChI=1S/C12H15N3O2/c1-8(7-16)15(3)12(17)11-5-4-10(6-13)9(2)14-11/h4-5,8,16H,7H2,1-3H3. The molecular weight excluding hydrogens is 218 g/mol. The Balaban J connectivity index is 2.98. The van der Waals surface area contributed by atoms with Crippen molar-refractivity contribution >= 4 is 5.91 Å². The summed E-state index contributed by atoms with van der Waals surface area (Å²) < 4.78 is 0. The molecule has 0 spiro atoms. The van der Waals surface area contributed by atoms with E-state index in [0.29, 0.717) is 11.3 Å². The van der Waals surface area contributed by atoms with Crippen LogP contribution in [0, 0.1) is 18.3 Å². The summed E-state index contributed by atoms with van der Waals surface area (Å²) in [5, 5.41) is 17.7.